The number of carbonyl (C=O) groups is 2. The molecular weight excluding hydrogens is 384 g/mol. The van der Waals surface area contributed by atoms with E-state index in [1.165, 1.54) is 19.4 Å². The number of carbonyl (C=O) groups excluding carboxylic acids is 2. The van der Waals surface area contributed by atoms with Crippen LogP contribution in [-0.2, 0) is 32.3 Å². The van der Waals surface area contributed by atoms with Gasteiger partial charge in [-0.3, -0.25) is 9.59 Å². The first kappa shape index (κ1) is 23.3. The lowest BCUT2D eigenvalue weighted by atomic mass is 9.99. The Morgan fingerprint density at radius 1 is 0.833 bits per heavy atom. The topological polar surface area (TPSA) is 71.1 Å². The zero-order valence-electron chi connectivity index (χ0n) is 18.1. The third-order valence-corrected chi connectivity index (χ3v) is 4.70. The molecule has 6 heteroatoms. The molecule has 0 aliphatic carbocycles. The molecule has 0 aromatic heterocycles. The van der Waals surface area contributed by atoms with Crippen molar-refractivity contribution >= 4 is 11.9 Å². The fourth-order valence-corrected chi connectivity index (χ4v) is 2.84. The number of rotatable bonds is 11. The second-order valence-electron chi connectivity index (χ2n) is 7.04. The van der Waals surface area contributed by atoms with Gasteiger partial charge in [-0.25, -0.2) is 0 Å². The average Bonchev–Trinajstić information content (AvgIpc) is 2.74. The third-order valence-electron chi connectivity index (χ3n) is 4.70. The van der Waals surface area contributed by atoms with Crippen LogP contribution in [-0.4, -0.2) is 25.2 Å². The summed E-state index contributed by atoms with van der Waals surface area (Å²) in [5.41, 5.74) is 2.69. The van der Waals surface area contributed by atoms with Crippen molar-refractivity contribution in [3.05, 3.63) is 59.2 Å². The Balaban J connectivity index is 1.99. The molecule has 1 unspecified atom stereocenters. The molecule has 0 aliphatic heterocycles. The standard InChI is InChI=1S/C24H30O6/c1-5-17(2)20-9-11-23(12-10-20)27-13-14-28-24-21(15-29-18(3)25)7-6-8-22(24)16-30-19(4)26/h6-12,17H,5,13-16H2,1-4H3. The van der Waals surface area contributed by atoms with Crippen LogP contribution >= 0.6 is 0 Å². The van der Waals surface area contributed by atoms with Crippen molar-refractivity contribution in [2.45, 2.75) is 53.2 Å². The minimum atomic E-state index is -0.379. The number of ether oxygens (including phenoxy) is 4. The van der Waals surface area contributed by atoms with E-state index in [-0.39, 0.29) is 31.8 Å². The molecule has 2 aromatic rings. The van der Waals surface area contributed by atoms with Gasteiger partial charge in [-0.1, -0.05) is 44.2 Å². The fraction of sp³-hybridized carbons (Fsp3) is 0.417. The second kappa shape index (κ2) is 11.9. The summed E-state index contributed by atoms with van der Waals surface area (Å²) < 4.78 is 21.9. The highest BCUT2D eigenvalue weighted by Crippen LogP contribution is 2.26. The first-order valence-corrected chi connectivity index (χ1v) is 10.1. The Morgan fingerprint density at radius 2 is 1.37 bits per heavy atom. The largest absolute Gasteiger partial charge is 0.490 e. The monoisotopic (exact) mass is 414 g/mol. The summed E-state index contributed by atoms with van der Waals surface area (Å²) in [6.45, 7) is 7.86. The maximum absolute atomic E-state index is 11.2. The van der Waals surface area contributed by atoms with E-state index < -0.39 is 0 Å². The Bertz CT molecular complexity index is 792. The smallest absolute Gasteiger partial charge is 0.302 e. The quantitative estimate of drug-likeness (QED) is 0.389. The number of benzene rings is 2. The van der Waals surface area contributed by atoms with Crippen LogP contribution in [0.25, 0.3) is 0 Å². The molecular formula is C24H30O6. The molecule has 0 aliphatic rings. The molecule has 0 saturated carbocycles. The first-order chi connectivity index (χ1) is 14.4. The molecule has 0 radical (unpaired) electrons. The van der Waals surface area contributed by atoms with E-state index in [1.807, 2.05) is 24.3 Å². The molecule has 0 amide bonds. The Labute approximate surface area is 178 Å². The van der Waals surface area contributed by atoms with Gasteiger partial charge >= 0.3 is 11.9 Å². The predicted octanol–water partition coefficient (Wildman–Crippen LogP) is 4.78. The Kier molecular flexibility index (Phi) is 9.19. The normalized spacial score (nSPS) is 11.5. The molecule has 0 N–H and O–H groups in total. The molecule has 2 rings (SSSR count). The fourth-order valence-electron chi connectivity index (χ4n) is 2.84. The van der Waals surface area contributed by atoms with Crippen LogP contribution in [0.2, 0.25) is 0 Å². The van der Waals surface area contributed by atoms with Gasteiger partial charge in [0.1, 0.15) is 37.9 Å². The van der Waals surface area contributed by atoms with Crippen LogP contribution in [0.1, 0.15) is 56.7 Å². The van der Waals surface area contributed by atoms with Gasteiger partial charge in [0, 0.05) is 25.0 Å². The van der Waals surface area contributed by atoms with Crippen molar-refractivity contribution in [1.29, 1.82) is 0 Å². The van der Waals surface area contributed by atoms with Crippen molar-refractivity contribution in [1.82, 2.24) is 0 Å². The van der Waals surface area contributed by atoms with Crippen molar-refractivity contribution in [2.75, 3.05) is 13.2 Å². The molecule has 0 saturated heterocycles. The summed E-state index contributed by atoms with van der Waals surface area (Å²) in [5, 5.41) is 0. The third kappa shape index (κ3) is 7.43. The molecule has 0 fully saturated rings. The second-order valence-corrected chi connectivity index (χ2v) is 7.04. The van der Waals surface area contributed by atoms with Crippen LogP contribution in [0.4, 0.5) is 0 Å². The Hall–Kier alpha value is -3.02. The van der Waals surface area contributed by atoms with Gasteiger partial charge in [-0.05, 0) is 30.0 Å². The number of hydrogen-bond donors (Lipinski definition) is 0. The molecule has 0 heterocycles. The van der Waals surface area contributed by atoms with Crippen molar-refractivity contribution < 1.29 is 28.5 Å². The van der Waals surface area contributed by atoms with Crippen molar-refractivity contribution in [3.8, 4) is 11.5 Å². The molecule has 0 spiro atoms. The van der Waals surface area contributed by atoms with Crippen LogP contribution in [0.5, 0.6) is 11.5 Å². The molecule has 30 heavy (non-hydrogen) atoms. The van der Waals surface area contributed by atoms with Gasteiger partial charge in [0.2, 0.25) is 0 Å². The lowest BCUT2D eigenvalue weighted by Gasteiger charge is -2.16. The molecule has 0 bridgehead atoms. The molecule has 1 atom stereocenters. The van der Waals surface area contributed by atoms with E-state index >= 15 is 0 Å². The van der Waals surface area contributed by atoms with Gasteiger partial charge in [0.25, 0.3) is 0 Å². The highest BCUT2D eigenvalue weighted by molar-refractivity contribution is 5.66. The van der Waals surface area contributed by atoms with E-state index in [1.54, 1.807) is 6.07 Å². The minimum absolute atomic E-state index is 0.0799. The maximum Gasteiger partial charge on any atom is 0.302 e. The summed E-state index contributed by atoms with van der Waals surface area (Å²) in [5.74, 6) is 1.08. The lowest BCUT2D eigenvalue weighted by Crippen LogP contribution is -2.13. The Morgan fingerprint density at radius 3 is 1.87 bits per heavy atom. The van der Waals surface area contributed by atoms with E-state index in [2.05, 4.69) is 26.0 Å². The number of hydrogen-bond acceptors (Lipinski definition) is 6. The zero-order chi connectivity index (χ0) is 21.9. The van der Waals surface area contributed by atoms with Gasteiger partial charge in [0.05, 0.1) is 0 Å². The minimum Gasteiger partial charge on any atom is -0.490 e. The number of esters is 2. The average molecular weight is 414 g/mol. The molecule has 162 valence electrons. The van der Waals surface area contributed by atoms with Crippen LogP contribution < -0.4 is 9.47 Å². The summed E-state index contributed by atoms with van der Waals surface area (Å²) in [6.07, 6.45) is 1.09. The molecule has 6 nitrogen and oxygen atoms in total. The highest BCUT2D eigenvalue weighted by Gasteiger charge is 2.13. The van der Waals surface area contributed by atoms with Crippen molar-refractivity contribution in [3.63, 3.8) is 0 Å². The van der Waals surface area contributed by atoms with E-state index in [4.69, 9.17) is 18.9 Å². The van der Waals surface area contributed by atoms with Crippen LogP contribution in [0, 0.1) is 0 Å². The predicted molar refractivity (Wildman–Crippen MR) is 114 cm³/mol. The first-order valence-electron chi connectivity index (χ1n) is 10.1. The molecule has 2 aromatic carbocycles. The number of para-hydroxylation sites is 1. The van der Waals surface area contributed by atoms with Gasteiger partial charge in [-0.15, -0.1) is 0 Å². The summed E-state index contributed by atoms with van der Waals surface area (Å²) in [4.78, 5) is 22.4. The van der Waals surface area contributed by atoms with Gasteiger partial charge < -0.3 is 18.9 Å². The van der Waals surface area contributed by atoms with E-state index in [9.17, 15) is 9.59 Å². The maximum atomic E-state index is 11.2. The highest BCUT2D eigenvalue weighted by atomic mass is 16.5. The summed E-state index contributed by atoms with van der Waals surface area (Å²) >= 11 is 0. The summed E-state index contributed by atoms with van der Waals surface area (Å²) in [6, 6.07) is 13.5. The van der Waals surface area contributed by atoms with Gasteiger partial charge in [0.15, 0.2) is 0 Å². The SMILES string of the molecule is CCC(C)c1ccc(OCCOc2c(COC(C)=O)cccc2COC(C)=O)cc1. The van der Waals surface area contributed by atoms with E-state index in [0.29, 0.717) is 29.4 Å². The van der Waals surface area contributed by atoms with Crippen LogP contribution in [0.3, 0.4) is 0 Å². The lowest BCUT2D eigenvalue weighted by molar-refractivity contribution is -0.142. The zero-order valence-corrected chi connectivity index (χ0v) is 18.1. The van der Waals surface area contributed by atoms with Crippen LogP contribution in [0.15, 0.2) is 42.5 Å². The van der Waals surface area contributed by atoms with E-state index in [0.717, 1.165) is 12.2 Å². The van der Waals surface area contributed by atoms with Crippen molar-refractivity contribution in [2.24, 2.45) is 0 Å². The van der Waals surface area contributed by atoms with Gasteiger partial charge in [-0.2, -0.15) is 0 Å². The summed E-state index contributed by atoms with van der Waals surface area (Å²) in [7, 11) is 0.